The minimum absolute atomic E-state index is 0.125. The van der Waals surface area contributed by atoms with E-state index in [-0.39, 0.29) is 23.4 Å². The van der Waals surface area contributed by atoms with Crippen molar-refractivity contribution in [3.63, 3.8) is 0 Å². The van der Waals surface area contributed by atoms with Gasteiger partial charge in [0.15, 0.2) is 0 Å². The van der Waals surface area contributed by atoms with Crippen LogP contribution >= 0.6 is 0 Å². The van der Waals surface area contributed by atoms with Crippen molar-refractivity contribution in [3.8, 4) is 16.9 Å². The number of rotatable bonds is 7. The highest BCUT2D eigenvalue weighted by molar-refractivity contribution is 6.05. The lowest BCUT2D eigenvalue weighted by atomic mass is 9.85. The quantitative estimate of drug-likeness (QED) is 0.152. The van der Waals surface area contributed by atoms with Gasteiger partial charge in [-0.2, -0.15) is 0 Å². The highest BCUT2D eigenvalue weighted by Gasteiger charge is 2.19. The molecule has 0 fully saturated rings. The number of hydrogen-bond donors (Lipinski definition) is 3. The van der Waals surface area contributed by atoms with Gasteiger partial charge in [0.1, 0.15) is 11.9 Å². The number of guanidine groups is 1. The Balaban J connectivity index is 1.85. The third-order valence-electron chi connectivity index (χ3n) is 6.43. The van der Waals surface area contributed by atoms with Gasteiger partial charge < -0.3 is 16.3 Å². The monoisotopic (exact) mass is 500 g/mol. The van der Waals surface area contributed by atoms with Crippen LogP contribution in [-0.2, 0) is 5.41 Å². The van der Waals surface area contributed by atoms with Crippen molar-refractivity contribution in [1.82, 2.24) is 5.32 Å². The molecule has 37 heavy (non-hydrogen) atoms. The molecule has 0 aliphatic rings. The number of aryl methyl sites for hydroxylation is 2. The van der Waals surface area contributed by atoms with E-state index in [0.29, 0.717) is 11.5 Å². The highest BCUT2D eigenvalue weighted by Crippen LogP contribution is 2.35. The van der Waals surface area contributed by atoms with Gasteiger partial charge in [0.05, 0.1) is 0 Å². The Kier molecular flexibility index (Phi) is 8.64. The topological polar surface area (TPSA) is 103 Å². The van der Waals surface area contributed by atoms with Gasteiger partial charge >= 0.3 is 0 Å². The Morgan fingerprint density at radius 1 is 0.973 bits per heavy atom. The third kappa shape index (κ3) is 7.13. The normalized spacial score (nSPS) is 12.9. The smallest absolute Gasteiger partial charge is 0.257 e. The maximum atomic E-state index is 12.3. The van der Waals surface area contributed by atoms with Gasteiger partial charge in [-0.25, -0.2) is 0 Å². The summed E-state index contributed by atoms with van der Waals surface area (Å²) in [6.45, 7) is 15.3. The summed E-state index contributed by atoms with van der Waals surface area (Å²) in [7, 11) is 0. The second kappa shape index (κ2) is 11.5. The zero-order valence-electron chi connectivity index (χ0n) is 23.1. The predicted octanol–water partition coefficient (Wildman–Crippen LogP) is 6.35. The molecule has 1 amide bonds. The summed E-state index contributed by atoms with van der Waals surface area (Å²) in [5.74, 6) is 5.87. The molecule has 0 aromatic heterocycles. The summed E-state index contributed by atoms with van der Waals surface area (Å²) in [6, 6.07) is 20.4. The SMILES string of the molecule is Cc1cc(OC(CC(C)C)c2ccc(C(=O)N/C(N)=N/N)cc2)cc(C)c1-c1ccc(C(C)(C)C)cc1. The van der Waals surface area contributed by atoms with Crippen LogP contribution in [0.25, 0.3) is 11.1 Å². The summed E-state index contributed by atoms with van der Waals surface area (Å²) in [5.41, 5.74) is 13.2. The van der Waals surface area contributed by atoms with Crippen LogP contribution in [0.4, 0.5) is 0 Å². The van der Waals surface area contributed by atoms with Gasteiger partial charge in [0, 0.05) is 5.56 Å². The first kappa shape index (κ1) is 27.8. The molecule has 3 aromatic carbocycles. The Morgan fingerprint density at radius 3 is 2.03 bits per heavy atom. The minimum atomic E-state index is -0.364. The van der Waals surface area contributed by atoms with Crippen molar-refractivity contribution in [3.05, 3.63) is 88.5 Å². The zero-order chi connectivity index (χ0) is 27.3. The van der Waals surface area contributed by atoms with Crippen molar-refractivity contribution in [2.45, 2.75) is 66.4 Å². The van der Waals surface area contributed by atoms with Crippen molar-refractivity contribution in [2.75, 3.05) is 0 Å². The molecule has 0 radical (unpaired) electrons. The maximum Gasteiger partial charge on any atom is 0.257 e. The number of nitrogens with two attached hydrogens (primary N) is 2. The van der Waals surface area contributed by atoms with Crippen LogP contribution in [-0.4, -0.2) is 11.9 Å². The number of ether oxygens (including phenoxy) is 1. The fourth-order valence-electron chi connectivity index (χ4n) is 4.50. The first-order chi connectivity index (χ1) is 17.4. The van der Waals surface area contributed by atoms with Gasteiger partial charge in [-0.3, -0.25) is 10.1 Å². The van der Waals surface area contributed by atoms with Gasteiger partial charge in [0.2, 0.25) is 5.96 Å². The molecule has 1 unspecified atom stereocenters. The Bertz CT molecular complexity index is 1230. The third-order valence-corrected chi connectivity index (χ3v) is 6.43. The second-order valence-electron chi connectivity index (χ2n) is 11.1. The number of nitrogens with zero attached hydrogens (tertiary/aromatic N) is 1. The molecular formula is C31H40N4O2. The Morgan fingerprint density at radius 2 is 1.54 bits per heavy atom. The van der Waals surface area contributed by atoms with Crippen LogP contribution in [0.3, 0.4) is 0 Å². The van der Waals surface area contributed by atoms with E-state index in [1.807, 2.05) is 12.1 Å². The number of carbonyl (C=O) groups is 1. The van der Waals surface area contributed by atoms with Crippen molar-refractivity contribution >= 4 is 11.9 Å². The van der Waals surface area contributed by atoms with E-state index in [0.717, 1.165) is 17.7 Å². The first-order valence-corrected chi connectivity index (χ1v) is 12.7. The molecule has 0 aliphatic heterocycles. The van der Waals surface area contributed by atoms with Gasteiger partial charge in [0.25, 0.3) is 5.91 Å². The van der Waals surface area contributed by atoms with Crippen molar-refractivity contribution in [2.24, 2.45) is 22.6 Å². The predicted molar refractivity (Wildman–Crippen MR) is 153 cm³/mol. The van der Waals surface area contributed by atoms with Crippen molar-refractivity contribution < 1.29 is 9.53 Å². The lowest BCUT2D eigenvalue weighted by Crippen LogP contribution is -2.37. The highest BCUT2D eigenvalue weighted by atomic mass is 16.5. The molecule has 3 rings (SSSR count). The number of hydrazone groups is 1. The number of benzene rings is 3. The number of carbonyl (C=O) groups excluding carboxylic acids is 1. The molecule has 5 N–H and O–H groups in total. The fraction of sp³-hybridized carbons (Fsp3) is 0.355. The minimum Gasteiger partial charge on any atom is -0.486 e. The summed E-state index contributed by atoms with van der Waals surface area (Å²) in [6.07, 6.45) is 0.690. The number of amides is 1. The summed E-state index contributed by atoms with van der Waals surface area (Å²) >= 11 is 0. The average molecular weight is 501 g/mol. The van der Waals surface area contributed by atoms with Crippen LogP contribution in [0.2, 0.25) is 0 Å². The van der Waals surface area contributed by atoms with Crippen LogP contribution in [0, 0.1) is 19.8 Å². The van der Waals surface area contributed by atoms with Gasteiger partial charge in [-0.1, -0.05) is 71.0 Å². The van der Waals surface area contributed by atoms with Gasteiger partial charge in [-0.05, 0) is 89.2 Å². The average Bonchev–Trinajstić information content (AvgIpc) is 2.82. The molecule has 0 aliphatic carbocycles. The van der Waals surface area contributed by atoms with E-state index < -0.39 is 0 Å². The second-order valence-corrected chi connectivity index (χ2v) is 11.1. The zero-order valence-corrected chi connectivity index (χ0v) is 23.1. The Hall–Kier alpha value is -3.80. The van der Waals surface area contributed by atoms with Crippen molar-refractivity contribution in [1.29, 1.82) is 0 Å². The molecule has 0 spiro atoms. The van der Waals surface area contributed by atoms with E-state index in [4.69, 9.17) is 16.3 Å². The molecule has 6 nitrogen and oxygen atoms in total. The number of nitrogens with one attached hydrogen (secondary N) is 1. The molecule has 0 heterocycles. The van der Waals surface area contributed by atoms with Crippen LogP contribution in [0.5, 0.6) is 5.75 Å². The van der Waals surface area contributed by atoms with Crippen LogP contribution in [0.15, 0.2) is 65.8 Å². The maximum absolute atomic E-state index is 12.3. The van der Waals surface area contributed by atoms with Gasteiger partial charge in [-0.15, -0.1) is 5.10 Å². The lowest BCUT2D eigenvalue weighted by Gasteiger charge is -2.23. The van der Waals surface area contributed by atoms with E-state index in [1.54, 1.807) is 12.1 Å². The molecule has 196 valence electrons. The van der Waals surface area contributed by atoms with E-state index >= 15 is 0 Å². The summed E-state index contributed by atoms with van der Waals surface area (Å²) in [4.78, 5) is 12.3. The molecule has 1 atom stereocenters. The molecule has 0 saturated carbocycles. The van der Waals surface area contributed by atoms with Crippen LogP contribution in [0.1, 0.15) is 79.8 Å². The first-order valence-electron chi connectivity index (χ1n) is 12.7. The van der Waals surface area contributed by atoms with E-state index in [2.05, 4.69) is 95.3 Å². The standard InChI is InChI=1S/C31H40N4O2/c1-19(2)16-27(22-8-10-24(11-9-22)29(36)34-30(32)35-33)37-26-17-20(3)28(21(4)18-26)23-12-14-25(15-13-23)31(5,6)7/h8-15,17-19,27H,16,33H2,1-7H3,(H3,32,34,35,36). The largest absolute Gasteiger partial charge is 0.486 e. The summed E-state index contributed by atoms with van der Waals surface area (Å²) < 4.78 is 6.55. The molecule has 3 aromatic rings. The number of hydrogen-bond acceptors (Lipinski definition) is 4. The Labute approximate surface area is 221 Å². The lowest BCUT2D eigenvalue weighted by molar-refractivity contribution is 0.0976. The molecule has 6 heteroatoms. The molecule has 0 saturated heterocycles. The fourth-order valence-corrected chi connectivity index (χ4v) is 4.50. The molecular weight excluding hydrogens is 460 g/mol. The summed E-state index contributed by atoms with van der Waals surface area (Å²) in [5, 5.41) is 5.72. The molecule has 0 bridgehead atoms. The van der Waals surface area contributed by atoms with E-state index in [9.17, 15) is 4.79 Å². The van der Waals surface area contributed by atoms with Crippen LogP contribution < -0.4 is 21.6 Å². The van der Waals surface area contributed by atoms with E-state index in [1.165, 1.54) is 27.8 Å².